The average Bonchev–Trinajstić information content (AvgIpc) is 3.43. The van der Waals surface area contributed by atoms with Crippen LogP contribution < -0.4 is 10.1 Å². The molecule has 0 aromatic heterocycles. The lowest BCUT2D eigenvalue weighted by Crippen LogP contribution is -2.49. The van der Waals surface area contributed by atoms with Crippen molar-refractivity contribution in [3.05, 3.63) is 93.8 Å². The quantitative estimate of drug-likeness (QED) is 0.467. The Balaban J connectivity index is 1.42. The molecule has 39 heavy (non-hydrogen) atoms. The first-order valence-corrected chi connectivity index (χ1v) is 12.4. The molecule has 0 saturated heterocycles. The maximum atomic E-state index is 14.6. The van der Waals surface area contributed by atoms with Crippen molar-refractivity contribution in [1.82, 2.24) is 4.90 Å². The number of nitrogens with zero attached hydrogens (tertiary/aromatic N) is 2. The summed E-state index contributed by atoms with van der Waals surface area (Å²) in [7, 11) is 1.53. The fourth-order valence-electron chi connectivity index (χ4n) is 4.83. The number of rotatable bonds is 6. The molecule has 0 radical (unpaired) electrons. The van der Waals surface area contributed by atoms with Gasteiger partial charge in [0.25, 0.3) is 11.8 Å². The fraction of sp³-hybridized carbons (Fsp3) is 0.214. The van der Waals surface area contributed by atoms with Gasteiger partial charge in [0.05, 0.1) is 23.4 Å². The number of anilines is 1. The number of carboxylic acids is 1. The minimum Gasteiger partial charge on any atom is -0.496 e. The molecule has 0 fully saturated rings. The third-order valence-corrected chi connectivity index (χ3v) is 7.03. The van der Waals surface area contributed by atoms with Gasteiger partial charge in [0.15, 0.2) is 5.82 Å². The average molecular weight is 552 g/mol. The van der Waals surface area contributed by atoms with Crippen LogP contribution in [0, 0.1) is 5.82 Å². The van der Waals surface area contributed by atoms with Gasteiger partial charge in [-0.2, -0.15) is 0 Å². The van der Waals surface area contributed by atoms with E-state index in [4.69, 9.17) is 26.3 Å². The number of fused-ring (bicyclic) bond motifs is 1. The molecule has 2 amide bonds. The number of ether oxygens (including phenoxy) is 1. The van der Waals surface area contributed by atoms with Gasteiger partial charge in [-0.15, -0.1) is 0 Å². The van der Waals surface area contributed by atoms with Crippen LogP contribution in [0.15, 0.2) is 65.8 Å². The highest BCUT2D eigenvalue weighted by atomic mass is 35.5. The number of aromatic carboxylic acids is 1. The predicted molar refractivity (Wildman–Crippen MR) is 141 cm³/mol. The molecule has 2 aliphatic rings. The Kier molecular flexibility index (Phi) is 7.21. The minimum absolute atomic E-state index is 0.00253. The summed E-state index contributed by atoms with van der Waals surface area (Å²) in [4.78, 5) is 45.4. The van der Waals surface area contributed by atoms with Gasteiger partial charge in [0.2, 0.25) is 6.10 Å². The second-order valence-electron chi connectivity index (χ2n) is 9.02. The van der Waals surface area contributed by atoms with Gasteiger partial charge >= 0.3 is 5.97 Å². The molecule has 11 heteroatoms. The van der Waals surface area contributed by atoms with E-state index in [2.05, 4.69) is 10.5 Å². The number of hydrogen-bond acceptors (Lipinski definition) is 6. The molecule has 2 aliphatic heterocycles. The van der Waals surface area contributed by atoms with Gasteiger partial charge in [0.1, 0.15) is 11.8 Å². The van der Waals surface area contributed by atoms with E-state index in [0.29, 0.717) is 23.4 Å². The molecule has 3 aromatic carbocycles. The zero-order valence-electron chi connectivity index (χ0n) is 20.7. The van der Waals surface area contributed by atoms with Crippen LogP contribution in [-0.2, 0) is 20.8 Å². The number of carboxylic acid groups (broad SMARTS) is 1. The van der Waals surface area contributed by atoms with Crippen LogP contribution in [0.25, 0.3) is 0 Å². The van der Waals surface area contributed by atoms with Crippen LogP contribution in [0.4, 0.5) is 10.1 Å². The van der Waals surface area contributed by atoms with E-state index >= 15 is 0 Å². The molecule has 3 aromatic rings. The molecule has 0 bridgehead atoms. The molecule has 0 unspecified atom stereocenters. The van der Waals surface area contributed by atoms with Gasteiger partial charge in [-0.3, -0.25) is 9.59 Å². The molecular formula is C28H23ClFN3O6. The van der Waals surface area contributed by atoms with Crippen LogP contribution >= 0.6 is 11.6 Å². The Labute approximate surface area is 227 Å². The van der Waals surface area contributed by atoms with Gasteiger partial charge < -0.3 is 24.9 Å². The Bertz CT molecular complexity index is 1490. The third-order valence-electron chi connectivity index (χ3n) is 6.74. The molecule has 2 atom stereocenters. The number of nitrogens with one attached hydrogen (secondary N) is 1. The molecule has 0 saturated carbocycles. The summed E-state index contributed by atoms with van der Waals surface area (Å²) in [6, 6.07) is 14.4. The molecule has 5 rings (SSSR count). The number of oxime groups is 1. The van der Waals surface area contributed by atoms with Gasteiger partial charge in [-0.25, -0.2) is 9.18 Å². The second kappa shape index (κ2) is 10.7. The van der Waals surface area contributed by atoms with E-state index in [1.54, 1.807) is 24.3 Å². The minimum atomic E-state index is -1.09. The van der Waals surface area contributed by atoms with Crippen LogP contribution in [0.3, 0.4) is 0 Å². The van der Waals surface area contributed by atoms with Crippen molar-refractivity contribution in [2.45, 2.75) is 25.0 Å². The summed E-state index contributed by atoms with van der Waals surface area (Å²) in [5.74, 6) is -2.12. The summed E-state index contributed by atoms with van der Waals surface area (Å²) in [5, 5.41) is 15.8. The Morgan fingerprint density at radius 1 is 1.13 bits per heavy atom. The number of benzene rings is 3. The number of hydrogen-bond donors (Lipinski definition) is 2. The van der Waals surface area contributed by atoms with Gasteiger partial charge in [-0.05, 0) is 54.4 Å². The first-order chi connectivity index (χ1) is 18.8. The van der Waals surface area contributed by atoms with Crippen molar-refractivity contribution in [1.29, 1.82) is 0 Å². The van der Waals surface area contributed by atoms with E-state index in [1.165, 1.54) is 48.4 Å². The smallest absolute Gasteiger partial charge is 0.335 e. The molecule has 9 nitrogen and oxygen atoms in total. The Hall–Kier alpha value is -4.44. The molecule has 2 heterocycles. The summed E-state index contributed by atoms with van der Waals surface area (Å²) >= 11 is 5.90. The third kappa shape index (κ3) is 5.03. The van der Waals surface area contributed by atoms with Crippen molar-refractivity contribution in [2.24, 2.45) is 5.16 Å². The largest absolute Gasteiger partial charge is 0.496 e. The second-order valence-corrected chi connectivity index (χ2v) is 9.43. The van der Waals surface area contributed by atoms with Crippen molar-refractivity contribution < 1.29 is 33.5 Å². The summed E-state index contributed by atoms with van der Waals surface area (Å²) in [5.41, 5.74) is 2.22. The number of methoxy groups -OCH3 is 1. The summed E-state index contributed by atoms with van der Waals surface area (Å²) in [6.07, 6.45) is -0.621. The van der Waals surface area contributed by atoms with E-state index < -0.39 is 35.7 Å². The van der Waals surface area contributed by atoms with Crippen molar-refractivity contribution in [2.75, 3.05) is 19.0 Å². The van der Waals surface area contributed by atoms with Crippen molar-refractivity contribution in [3.8, 4) is 5.75 Å². The monoisotopic (exact) mass is 551 g/mol. The zero-order chi connectivity index (χ0) is 27.7. The first-order valence-electron chi connectivity index (χ1n) is 12.1. The first kappa shape index (κ1) is 26.2. The standard InChI is InChI=1S/C28H23ClFN3O6/c1-38-22-7-3-4-18-17(22)12-13-33(25(18)26(34)31-16-10-8-15(9-11-16)28(36)37)27(35)23-14-21(32-39-23)19-5-2-6-20(29)24(19)30/h2-11,23,25H,12-14H2,1H3,(H,31,34)(H,36,37)/t23-,25+/m1/s1. The zero-order valence-corrected chi connectivity index (χ0v) is 21.4. The highest BCUT2D eigenvalue weighted by Gasteiger charge is 2.42. The maximum Gasteiger partial charge on any atom is 0.335 e. The topological polar surface area (TPSA) is 118 Å². The van der Waals surface area contributed by atoms with Crippen molar-refractivity contribution >= 4 is 40.8 Å². The number of carbonyl (C=O) groups excluding carboxylic acids is 2. The van der Waals surface area contributed by atoms with Crippen LogP contribution in [0.5, 0.6) is 5.75 Å². The number of amides is 2. The SMILES string of the molecule is COc1cccc2c1CCN(C(=O)[C@H]1CC(c3cccc(Cl)c3F)=NO1)[C@@H]2C(=O)Nc1ccc(C(=O)O)cc1. The number of carbonyl (C=O) groups is 3. The van der Waals surface area contributed by atoms with Crippen LogP contribution in [0.1, 0.15) is 39.5 Å². The van der Waals surface area contributed by atoms with Crippen LogP contribution in [0.2, 0.25) is 5.02 Å². The Morgan fingerprint density at radius 2 is 1.87 bits per heavy atom. The van der Waals surface area contributed by atoms with E-state index in [0.717, 1.165) is 5.56 Å². The predicted octanol–water partition coefficient (Wildman–Crippen LogP) is 4.44. The Morgan fingerprint density at radius 3 is 2.59 bits per heavy atom. The summed E-state index contributed by atoms with van der Waals surface area (Å²) in [6.45, 7) is 0.197. The highest BCUT2D eigenvalue weighted by molar-refractivity contribution is 6.31. The van der Waals surface area contributed by atoms with Gasteiger partial charge in [0, 0.05) is 29.8 Å². The van der Waals surface area contributed by atoms with Gasteiger partial charge in [-0.1, -0.05) is 35.0 Å². The van der Waals surface area contributed by atoms with E-state index in [-0.39, 0.29) is 34.8 Å². The lowest BCUT2D eigenvalue weighted by atomic mass is 9.90. The lowest BCUT2D eigenvalue weighted by molar-refractivity contribution is -0.148. The van der Waals surface area contributed by atoms with Crippen molar-refractivity contribution in [3.63, 3.8) is 0 Å². The number of halogens is 2. The fourth-order valence-corrected chi connectivity index (χ4v) is 5.01. The summed E-state index contributed by atoms with van der Waals surface area (Å²) < 4.78 is 20.1. The lowest BCUT2D eigenvalue weighted by Gasteiger charge is -2.37. The van der Waals surface area contributed by atoms with Crippen LogP contribution in [-0.4, -0.2) is 53.3 Å². The van der Waals surface area contributed by atoms with E-state index in [1.807, 2.05) is 0 Å². The molecule has 0 aliphatic carbocycles. The van der Waals surface area contributed by atoms with E-state index in [9.17, 15) is 18.8 Å². The normalized spacial score (nSPS) is 18.0. The maximum absolute atomic E-state index is 14.6. The molecular weight excluding hydrogens is 529 g/mol. The molecule has 200 valence electrons. The molecule has 2 N–H and O–H groups in total. The molecule has 0 spiro atoms. The highest BCUT2D eigenvalue weighted by Crippen LogP contribution is 2.37.